The van der Waals surface area contributed by atoms with Gasteiger partial charge in [0, 0.05) is 6.42 Å². The molecule has 0 saturated carbocycles. The smallest absolute Gasteiger partial charge is 0.322 e. The number of aliphatic carboxylic acids is 2. The van der Waals surface area contributed by atoms with E-state index in [1.165, 1.54) is 0 Å². The fourth-order valence-electron chi connectivity index (χ4n) is 1.16. The predicted molar refractivity (Wildman–Crippen MR) is 64.5 cm³/mol. The van der Waals surface area contributed by atoms with Gasteiger partial charge < -0.3 is 31.7 Å². The first-order valence-electron chi connectivity index (χ1n) is 5.66. The van der Waals surface area contributed by atoms with E-state index >= 15 is 0 Å². The van der Waals surface area contributed by atoms with Crippen molar-refractivity contribution >= 4 is 23.8 Å². The minimum atomic E-state index is -1.30. The molecule has 0 aliphatic rings. The quantitative estimate of drug-likeness (QED) is 0.258. The van der Waals surface area contributed by atoms with Gasteiger partial charge in [-0.2, -0.15) is 0 Å². The summed E-state index contributed by atoms with van der Waals surface area (Å²) in [6.45, 7) is -1.36. The van der Waals surface area contributed by atoms with Gasteiger partial charge in [0.1, 0.15) is 18.6 Å². The molecule has 0 heterocycles. The number of hydrogen-bond donors (Lipinski definition) is 6. The lowest BCUT2D eigenvalue weighted by Gasteiger charge is -2.15. The minimum Gasteiger partial charge on any atom is -0.480 e. The van der Waals surface area contributed by atoms with Crippen LogP contribution < -0.4 is 16.4 Å². The molecule has 0 aromatic carbocycles. The zero-order valence-electron chi connectivity index (χ0n) is 10.5. The third kappa shape index (κ3) is 7.28. The highest BCUT2D eigenvalue weighted by atomic mass is 16.4. The summed E-state index contributed by atoms with van der Waals surface area (Å²) >= 11 is 0. The van der Waals surface area contributed by atoms with Gasteiger partial charge in [-0.25, -0.2) is 0 Å². The minimum absolute atomic E-state index is 0.129. The number of carboxylic acids is 2. The normalized spacial score (nSPS) is 13.1. The molecule has 114 valence electrons. The standard InChI is InChI=1S/C10H17N3O7/c11-5(10(19)20)1-2-7(15)13-6(4-14)9(18)12-3-8(16)17/h5-6,14H,1-4,11H2,(H,12,18)(H,13,15)(H,16,17)(H,19,20)/t5-,6-/m0/s1. The van der Waals surface area contributed by atoms with E-state index in [-0.39, 0.29) is 12.8 Å². The molecule has 2 atom stereocenters. The number of aliphatic hydroxyl groups excluding tert-OH is 1. The van der Waals surface area contributed by atoms with Crippen molar-refractivity contribution < 1.29 is 34.5 Å². The second-order valence-corrected chi connectivity index (χ2v) is 3.90. The molecule has 10 heteroatoms. The summed E-state index contributed by atoms with van der Waals surface area (Å²) in [4.78, 5) is 43.5. The zero-order valence-corrected chi connectivity index (χ0v) is 10.5. The monoisotopic (exact) mass is 291 g/mol. The Morgan fingerprint density at radius 2 is 1.75 bits per heavy atom. The molecule has 20 heavy (non-hydrogen) atoms. The van der Waals surface area contributed by atoms with Gasteiger partial charge in [-0.1, -0.05) is 0 Å². The number of rotatable bonds is 9. The Bertz CT molecular complexity index is 385. The van der Waals surface area contributed by atoms with Gasteiger partial charge in [-0.15, -0.1) is 0 Å². The summed E-state index contributed by atoms with van der Waals surface area (Å²) in [6.07, 6.45) is -0.369. The van der Waals surface area contributed by atoms with Gasteiger partial charge in [0.05, 0.1) is 6.61 Å². The van der Waals surface area contributed by atoms with E-state index in [4.69, 9.17) is 21.1 Å². The molecule has 0 aliphatic heterocycles. The Morgan fingerprint density at radius 3 is 2.20 bits per heavy atom. The number of carboxylic acid groups (broad SMARTS) is 2. The van der Waals surface area contributed by atoms with E-state index in [0.29, 0.717) is 0 Å². The molecule has 0 fully saturated rings. The van der Waals surface area contributed by atoms with Gasteiger partial charge in [0.2, 0.25) is 11.8 Å². The van der Waals surface area contributed by atoms with Gasteiger partial charge in [-0.05, 0) is 6.42 Å². The average Bonchev–Trinajstić information content (AvgIpc) is 2.38. The van der Waals surface area contributed by atoms with Crippen LogP contribution in [0.1, 0.15) is 12.8 Å². The van der Waals surface area contributed by atoms with Gasteiger partial charge in [0.25, 0.3) is 0 Å². The Labute approximate surface area is 113 Å². The van der Waals surface area contributed by atoms with Gasteiger partial charge >= 0.3 is 11.9 Å². The van der Waals surface area contributed by atoms with Crippen LogP contribution in [0, 0.1) is 0 Å². The fraction of sp³-hybridized carbons (Fsp3) is 0.600. The van der Waals surface area contributed by atoms with Crippen LogP contribution in [0.25, 0.3) is 0 Å². The maximum atomic E-state index is 11.4. The van der Waals surface area contributed by atoms with Crippen molar-refractivity contribution in [3.05, 3.63) is 0 Å². The number of carbonyl (C=O) groups excluding carboxylic acids is 2. The van der Waals surface area contributed by atoms with Crippen molar-refractivity contribution in [2.45, 2.75) is 24.9 Å². The summed E-state index contributed by atoms with van der Waals surface area (Å²) in [7, 11) is 0. The highest BCUT2D eigenvalue weighted by Gasteiger charge is 2.21. The fourth-order valence-corrected chi connectivity index (χ4v) is 1.16. The number of nitrogens with two attached hydrogens (primary N) is 1. The van der Waals surface area contributed by atoms with Crippen LogP contribution in [0.3, 0.4) is 0 Å². The maximum Gasteiger partial charge on any atom is 0.322 e. The molecular formula is C10H17N3O7. The molecule has 7 N–H and O–H groups in total. The second-order valence-electron chi connectivity index (χ2n) is 3.90. The van der Waals surface area contributed by atoms with Crippen LogP contribution in [-0.4, -0.2) is 64.3 Å². The van der Waals surface area contributed by atoms with E-state index in [2.05, 4.69) is 5.32 Å². The Hall–Kier alpha value is -2.20. The Morgan fingerprint density at radius 1 is 1.15 bits per heavy atom. The molecule has 0 unspecified atom stereocenters. The number of aliphatic hydroxyl groups is 1. The molecule has 10 nitrogen and oxygen atoms in total. The molecule has 0 rings (SSSR count). The van der Waals surface area contributed by atoms with Crippen LogP contribution in [-0.2, 0) is 19.2 Å². The summed E-state index contributed by atoms with van der Waals surface area (Å²) < 4.78 is 0. The molecule has 0 aromatic heterocycles. The molecule has 0 aliphatic carbocycles. The molecule has 0 aromatic rings. The maximum absolute atomic E-state index is 11.4. The lowest BCUT2D eigenvalue weighted by molar-refractivity contribution is -0.139. The third-order valence-electron chi connectivity index (χ3n) is 2.25. The average molecular weight is 291 g/mol. The third-order valence-corrected chi connectivity index (χ3v) is 2.25. The van der Waals surface area contributed by atoms with Crippen molar-refractivity contribution in [1.29, 1.82) is 0 Å². The van der Waals surface area contributed by atoms with Crippen LogP contribution in [0.4, 0.5) is 0 Å². The highest BCUT2D eigenvalue weighted by molar-refractivity contribution is 5.89. The lowest BCUT2D eigenvalue weighted by Crippen LogP contribution is -2.50. The summed E-state index contributed by atoms with van der Waals surface area (Å²) in [6, 6.07) is -2.50. The van der Waals surface area contributed by atoms with E-state index in [0.717, 1.165) is 0 Å². The first-order chi connectivity index (χ1) is 9.27. The summed E-state index contributed by atoms with van der Waals surface area (Å²) in [5, 5.41) is 29.9. The second kappa shape index (κ2) is 8.82. The largest absolute Gasteiger partial charge is 0.480 e. The number of carbonyl (C=O) groups is 4. The Kier molecular flexibility index (Phi) is 7.85. The topological polar surface area (TPSA) is 179 Å². The van der Waals surface area contributed by atoms with Crippen LogP contribution in [0.2, 0.25) is 0 Å². The van der Waals surface area contributed by atoms with Crippen LogP contribution in [0.5, 0.6) is 0 Å². The summed E-state index contributed by atoms with van der Waals surface area (Å²) in [5.74, 6) is -4.05. The number of hydrogen-bond acceptors (Lipinski definition) is 6. The number of nitrogens with one attached hydrogen (secondary N) is 2. The Balaban J connectivity index is 4.21. The predicted octanol–water partition coefficient (Wildman–Crippen LogP) is -3.14. The summed E-state index contributed by atoms with van der Waals surface area (Å²) in [5.41, 5.74) is 5.20. The van der Waals surface area contributed by atoms with Crippen molar-refractivity contribution in [1.82, 2.24) is 10.6 Å². The zero-order chi connectivity index (χ0) is 15.7. The van der Waals surface area contributed by atoms with E-state index in [9.17, 15) is 19.2 Å². The molecular weight excluding hydrogens is 274 g/mol. The molecule has 0 radical (unpaired) electrons. The van der Waals surface area contributed by atoms with Crippen molar-refractivity contribution in [2.24, 2.45) is 5.73 Å². The first kappa shape index (κ1) is 17.8. The molecule has 0 bridgehead atoms. The first-order valence-corrected chi connectivity index (χ1v) is 5.66. The van der Waals surface area contributed by atoms with E-state index in [1.807, 2.05) is 5.32 Å². The van der Waals surface area contributed by atoms with Crippen molar-refractivity contribution in [3.8, 4) is 0 Å². The van der Waals surface area contributed by atoms with Crippen molar-refractivity contribution in [2.75, 3.05) is 13.2 Å². The van der Waals surface area contributed by atoms with E-state index < -0.39 is 49.0 Å². The van der Waals surface area contributed by atoms with Gasteiger partial charge in [-0.3, -0.25) is 19.2 Å². The van der Waals surface area contributed by atoms with Crippen LogP contribution >= 0.6 is 0 Å². The lowest BCUT2D eigenvalue weighted by atomic mass is 10.1. The van der Waals surface area contributed by atoms with Gasteiger partial charge in [0.15, 0.2) is 0 Å². The molecule has 0 saturated heterocycles. The van der Waals surface area contributed by atoms with Crippen molar-refractivity contribution in [3.63, 3.8) is 0 Å². The number of amides is 2. The highest BCUT2D eigenvalue weighted by Crippen LogP contribution is 1.96. The molecule has 2 amide bonds. The van der Waals surface area contributed by atoms with E-state index in [1.54, 1.807) is 0 Å². The van der Waals surface area contributed by atoms with Crippen LogP contribution in [0.15, 0.2) is 0 Å². The SMILES string of the molecule is N[C@@H](CCC(=O)N[C@@H](CO)C(=O)NCC(=O)O)C(=O)O. The molecule has 0 spiro atoms.